The molecule has 0 saturated carbocycles. The normalized spacial score (nSPS) is 13.1. The maximum Gasteiger partial charge on any atom is -0.0297 e. The average molecular weight is 140 g/mol. The third kappa shape index (κ3) is 4.60. The zero-order valence-electron chi connectivity index (χ0n) is 7.61. The average Bonchev–Trinajstić information content (AvgIpc) is 1.86. The van der Waals surface area contributed by atoms with Gasteiger partial charge < -0.3 is 0 Å². The standard InChI is InChI=1S/C10H20/c1-5-7-10(6-2)8-9(3)4/h10H,3,5-8H2,1-2,4H3. The Kier molecular flexibility index (Phi) is 5.38. The molecule has 0 fully saturated rings. The van der Waals surface area contributed by atoms with Gasteiger partial charge in [0, 0.05) is 0 Å². The molecule has 0 aromatic heterocycles. The monoisotopic (exact) mass is 140 g/mol. The fourth-order valence-electron chi connectivity index (χ4n) is 1.35. The third-order valence-electron chi connectivity index (χ3n) is 1.91. The second-order valence-electron chi connectivity index (χ2n) is 3.22. The topological polar surface area (TPSA) is 0 Å². The second kappa shape index (κ2) is 5.52. The van der Waals surface area contributed by atoms with Gasteiger partial charge in [-0.3, -0.25) is 0 Å². The summed E-state index contributed by atoms with van der Waals surface area (Å²) < 4.78 is 0. The molecule has 0 bridgehead atoms. The number of rotatable bonds is 5. The Labute approximate surface area is 65.3 Å². The second-order valence-corrected chi connectivity index (χ2v) is 3.22. The summed E-state index contributed by atoms with van der Waals surface area (Å²) in [5.41, 5.74) is 1.33. The molecular formula is C10H20. The lowest BCUT2D eigenvalue weighted by Crippen LogP contribution is -1.97. The lowest BCUT2D eigenvalue weighted by Gasteiger charge is -2.12. The molecule has 0 aliphatic rings. The summed E-state index contributed by atoms with van der Waals surface area (Å²) >= 11 is 0. The maximum atomic E-state index is 3.93. The predicted octanol–water partition coefficient (Wildman–Crippen LogP) is 3.78. The summed E-state index contributed by atoms with van der Waals surface area (Å²) in [6.07, 6.45) is 5.21. The van der Waals surface area contributed by atoms with E-state index in [-0.39, 0.29) is 0 Å². The van der Waals surface area contributed by atoms with Crippen LogP contribution in [0.5, 0.6) is 0 Å². The fourth-order valence-corrected chi connectivity index (χ4v) is 1.35. The van der Waals surface area contributed by atoms with Crippen molar-refractivity contribution in [3.63, 3.8) is 0 Å². The lowest BCUT2D eigenvalue weighted by atomic mass is 9.94. The van der Waals surface area contributed by atoms with Gasteiger partial charge in [0.25, 0.3) is 0 Å². The van der Waals surface area contributed by atoms with Crippen molar-refractivity contribution in [1.82, 2.24) is 0 Å². The highest BCUT2D eigenvalue weighted by molar-refractivity contribution is 4.89. The van der Waals surface area contributed by atoms with Crippen LogP contribution in [0.25, 0.3) is 0 Å². The van der Waals surface area contributed by atoms with Crippen molar-refractivity contribution in [1.29, 1.82) is 0 Å². The van der Waals surface area contributed by atoms with E-state index < -0.39 is 0 Å². The van der Waals surface area contributed by atoms with E-state index in [1.807, 2.05) is 0 Å². The number of hydrogen-bond donors (Lipinski definition) is 0. The first-order chi connectivity index (χ1) is 4.70. The Hall–Kier alpha value is -0.260. The van der Waals surface area contributed by atoms with Gasteiger partial charge in [0.05, 0.1) is 0 Å². The van der Waals surface area contributed by atoms with E-state index >= 15 is 0 Å². The molecule has 0 nitrogen and oxygen atoms in total. The molecule has 0 aromatic carbocycles. The molecule has 0 N–H and O–H groups in total. The molecule has 1 unspecified atom stereocenters. The van der Waals surface area contributed by atoms with E-state index in [9.17, 15) is 0 Å². The lowest BCUT2D eigenvalue weighted by molar-refractivity contribution is 0.461. The zero-order chi connectivity index (χ0) is 7.98. The van der Waals surface area contributed by atoms with Crippen molar-refractivity contribution in [3.05, 3.63) is 12.2 Å². The Morgan fingerprint density at radius 1 is 1.40 bits per heavy atom. The summed E-state index contributed by atoms with van der Waals surface area (Å²) in [6, 6.07) is 0. The molecule has 1 atom stereocenters. The summed E-state index contributed by atoms with van der Waals surface area (Å²) in [4.78, 5) is 0. The fraction of sp³-hybridized carbons (Fsp3) is 0.800. The van der Waals surface area contributed by atoms with Crippen LogP contribution in [0.1, 0.15) is 46.5 Å². The van der Waals surface area contributed by atoms with E-state index in [0.717, 1.165) is 5.92 Å². The van der Waals surface area contributed by atoms with Crippen LogP contribution in [0.3, 0.4) is 0 Å². The van der Waals surface area contributed by atoms with Gasteiger partial charge >= 0.3 is 0 Å². The molecule has 10 heavy (non-hydrogen) atoms. The summed E-state index contributed by atoms with van der Waals surface area (Å²) in [5.74, 6) is 0.891. The number of allylic oxidation sites excluding steroid dienone is 1. The minimum atomic E-state index is 0.891. The van der Waals surface area contributed by atoms with Gasteiger partial charge in [0.1, 0.15) is 0 Å². The van der Waals surface area contributed by atoms with E-state index in [0.29, 0.717) is 0 Å². The van der Waals surface area contributed by atoms with Crippen LogP contribution in [0, 0.1) is 5.92 Å². The maximum absolute atomic E-state index is 3.93. The molecule has 0 heteroatoms. The van der Waals surface area contributed by atoms with Gasteiger partial charge in [-0.2, -0.15) is 0 Å². The van der Waals surface area contributed by atoms with Crippen LogP contribution in [-0.4, -0.2) is 0 Å². The van der Waals surface area contributed by atoms with Gasteiger partial charge in [-0.25, -0.2) is 0 Å². The van der Waals surface area contributed by atoms with E-state index in [1.54, 1.807) is 0 Å². The van der Waals surface area contributed by atoms with E-state index in [2.05, 4.69) is 27.4 Å². The van der Waals surface area contributed by atoms with Crippen molar-refractivity contribution in [2.75, 3.05) is 0 Å². The van der Waals surface area contributed by atoms with E-state index in [4.69, 9.17) is 0 Å². The quantitative estimate of drug-likeness (QED) is 0.510. The van der Waals surface area contributed by atoms with E-state index in [1.165, 1.54) is 31.3 Å². The molecule has 0 aromatic rings. The molecule has 60 valence electrons. The molecular weight excluding hydrogens is 120 g/mol. The molecule has 0 rings (SSSR count). The van der Waals surface area contributed by atoms with Crippen LogP contribution in [0.4, 0.5) is 0 Å². The predicted molar refractivity (Wildman–Crippen MR) is 48.1 cm³/mol. The first kappa shape index (κ1) is 9.74. The molecule has 0 aliphatic carbocycles. The molecule has 0 saturated heterocycles. The SMILES string of the molecule is C=C(C)CC(CC)CCC. The summed E-state index contributed by atoms with van der Waals surface area (Å²) in [6.45, 7) is 10.6. The zero-order valence-corrected chi connectivity index (χ0v) is 7.61. The Bertz CT molecular complexity index is 92.2. The number of hydrogen-bond acceptors (Lipinski definition) is 0. The minimum absolute atomic E-state index is 0.891. The van der Waals surface area contributed by atoms with Crippen molar-refractivity contribution < 1.29 is 0 Å². The van der Waals surface area contributed by atoms with Gasteiger partial charge in [-0.15, -0.1) is 6.58 Å². The van der Waals surface area contributed by atoms with Crippen molar-refractivity contribution in [3.8, 4) is 0 Å². The Morgan fingerprint density at radius 3 is 2.30 bits per heavy atom. The van der Waals surface area contributed by atoms with Gasteiger partial charge in [0.15, 0.2) is 0 Å². The highest BCUT2D eigenvalue weighted by atomic mass is 14.1. The smallest absolute Gasteiger partial charge is 0.0297 e. The first-order valence-electron chi connectivity index (χ1n) is 4.35. The molecule has 0 aliphatic heterocycles. The Balaban J connectivity index is 3.49. The Morgan fingerprint density at radius 2 is 2.00 bits per heavy atom. The largest absolute Gasteiger partial charge is 0.100 e. The van der Waals surface area contributed by atoms with Crippen LogP contribution in [0.15, 0.2) is 12.2 Å². The van der Waals surface area contributed by atoms with Gasteiger partial charge in [0.2, 0.25) is 0 Å². The summed E-state index contributed by atoms with van der Waals surface area (Å²) in [5, 5.41) is 0. The minimum Gasteiger partial charge on any atom is -0.100 e. The van der Waals surface area contributed by atoms with Crippen LogP contribution >= 0.6 is 0 Å². The highest BCUT2D eigenvalue weighted by Crippen LogP contribution is 2.18. The molecule has 0 spiro atoms. The van der Waals surface area contributed by atoms with Gasteiger partial charge in [-0.1, -0.05) is 38.7 Å². The highest BCUT2D eigenvalue weighted by Gasteiger charge is 2.03. The third-order valence-corrected chi connectivity index (χ3v) is 1.91. The molecule has 0 radical (unpaired) electrons. The van der Waals surface area contributed by atoms with Crippen molar-refractivity contribution >= 4 is 0 Å². The van der Waals surface area contributed by atoms with Gasteiger partial charge in [-0.05, 0) is 19.3 Å². The summed E-state index contributed by atoms with van der Waals surface area (Å²) in [7, 11) is 0. The van der Waals surface area contributed by atoms with Crippen molar-refractivity contribution in [2.24, 2.45) is 5.92 Å². The van der Waals surface area contributed by atoms with Crippen LogP contribution in [-0.2, 0) is 0 Å². The first-order valence-corrected chi connectivity index (χ1v) is 4.35. The van der Waals surface area contributed by atoms with Crippen LogP contribution < -0.4 is 0 Å². The molecule has 0 amide bonds. The van der Waals surface area contributed by atoms with Crippen LogP contribution in [0.2, 0.25) is 0 Å². The van der Waals surface area contributed by atoms with Crippen molar-refractivity contribution in [2.45, 2.75) is 46.5 Å². The molecule has 0 heterocycles.